The largest absolute Gasteiger partial charge is 0.493 e. The van der Waals surface area contributed by atoms with Crippen LogP contribution in [0.2, 0.25) is 0 Å². The normalized spacial score (nSPS) is 12.4. The molecule has 0 aliphatic heterocycles. The summed E-state index contributed by atoms with van der Waals surface area (Å²) in [5.41, 5.74) is 19.2. The molecule has 2 heteroatoms. The van der Waals surface area contributed by atoms with E-state index in [4.69, 9.17) is 9.47 Å². The summed E-state index contributed by atoms with van der Waals surface area (Å²) in [7, 11) is 0. The lowest BCUT2D eigenvalue weighted by atomic mass is 9.86. The maximum Gasteiger partial charge on any atom is 0.127 e. The predicted octanol–water partition coefficient (Wildman–Crippen LogP) is 25.2. The van der Waals surface area contributed by atoms with Gasteiger partial charge in [-0.15, -0.1) is 0 Å². The van der Waals surface area contributed by atoms with E-state index in [9.17, 15) is 0 Å². The molecule has 0 saturated carbocycles. The highest BCUT2D eigenvalue weighted by atomic mass is 16.5. The molecule has 10 aromatic carbocycles. The molecule has 0 unspecified atom stereocenters. The highest BCUT2D eigenvalue weighted by Gasteiger charge is 2.20. The summed E-state index contributed by atoms with van der Waals surface area (Å²) in [6, 6.07) is 75.2. The summed E-state index contributed by atoms with van der Waals surface area (Å²) in [5.74, 6) is 1.79. The van der Waals surface area contributed by atoms with Gasteiger partial charge in [0, 0.05) is 11.1 Å². The van der Waals surface area contributed by atoms with Gasteiger partial charge in [-0.1, -0.05) is 349 Å². The van der Waals surface area contributed by atoms with Crippen LogP contribution in [0.15, 0.2) is 206 Å². The molecule has 10 aromatic rings. The van der Waals surface area contributed by atoms with Gasteiger partial charge in [0.2, 0.25) is 0 Å². The van der Waals surface area contributed by atoms with E-state index in [2.05, 4.69) is 335 Å². The molecule has 0 bridgehead atoms. The maximum atomic E-state index is 6.83. The second kappa shape index (κ2) is 30.8. The molecule has 0 saturated heterocycles. The molecule has 0 radical (unpaired) electrons. The lowest BCUT2D eigenvalue weighted by Crippen LogP contribution is -2.10. The third-order valence-corrected chi connectivity index (χ3v) is 16.9. The topological polar surface area (TPSA) is 18.5 Å². The van der Waals surface area contributed by atoms with Gasteiger partial charge in [-0.3, -0.25) is 0 Å². The molecule has 0 atom stereocenters. The number of hydrogen-bond donors (Lipinski definition) is 0. The van der Waals surface area contributed by atoms with E-state index in [-0.39, 0.29) is 10.8 Å². The monoisotopic (exact) mass is 1180 g/mol. The van der Waals surface area contributed by atoms with Crippen LogP contribution in [0.4, 0.5) is 0 Å². The molecule has 0 fully saturated rings. The lowest BCUT2D eigenvalue weighted by molar-refractivity contribution is 0.302. The van der Waals surface area contributed by atoms with Crippen molar-refractivity contribution in [2.75, 3.05) is 13.2 Å². The summed E-state index contributed by atoms with van der Waals surface area (Å²) < 4.78 is 13.7. The van der Waals surface area contributed by atoms with Crippen LogP contribution in [0.1, 0.15) is 185 Å². The Hall–Kier alpha value is -9.24. The Morgan fingerprint density at radius 1 is 0.256 bits per heavy atom. The van der Waals surface area contributed by atoms with Crippen molar-refractivity contribution in [1.29, 1.82) is 0 Å². The van der Waals surface area contributed by atoms with E-state index >= 15 is 0 Å². The van der Waals surface area contributed by atoms with Gasteiger partial charge in [0.1, 0.15) is 11.5 Å². The third-order valence-electron chi connectivity index (χ3n) is 16.9. The van der Waals surface area contributed by atoms with Crippen molar-refractivity contribution in [1.82, 2.24) is 0 Å². The van der Waals surface area contributed by atoms with E-state index in [0.717, 1.165) is 103 Å². The zero-order valence-electron chi connectivity index (χ0n) is 54.4. The number of benzene rings is 10. The van der Waals surface area contributed by atoms with Crippen LogP contribution < -0.4 is 9.47 Å². The predicted molar refractivity (Wildman–Crippen MR) is 396 cm³/mol. The van der Waals surface area contributed by atoms with Gasteiger partial charge < -0.3 is 9.47 Å². The first-order valence-corrected chi connectivity index (χ1v) is 32.8. The molecular weight excluding hydrogens is 1090 g/mol. The molecule has 454 valence electrons. The molecule has 10 rings (SSSR count). The van der Waals surface area contributed by atoms with Crippen LogP contribution in [0.25, 0.3) is 106 Å². The van der Waals surface area contributed by atoms with Gasteiger partial charge in [-0.05, 0) is 147 Å². The number of hydrogen-bond acceptors (Lipinski definition) is 2. The molecule has 0 amide bonds. The molecule has 2 nitrogen and oxygen atoms in total. The van der Waals surface area contributed by atoms with Crippen LogP contribution in [0.3, 0.4) is 0 Å². The van der Waals surface area contributed by atoms with Gasteiger partial charge >= 0.3 is 0 Å². The van der Waals surface area contributed by atoms with Crippen molar-refractivity contribution >= 4 is 94.5 Å². The minimum atomic E-state index is 0.154. The molecule has 0 aliphatic carbocycles. The van der Waals surface area contributed by atoms with Gasteiger partial charge in [-0.2, -0.15) is 0 Å². The first-order valence-electron chi connectivity index (χ1n) is 32.8. The summed E-state index contributed by atoms with van der Waals surface area (Å²) in [6.45, 7) is 19.3. The first-order chi connectivity index (χ1) is 43.7. The molecule has 0 aromatic heterocycles. The Bertz CT molecular complexity index is 3860. The van der Waals surface area contributed by atoms with Crippen molar-refractivity contribution in [3.05, 3.63) is 284 Å². The summed E-state index contributed by atoms with van der Waals surface area (Å²) in [6.07, 6.45) is 35.4. The Labute approximate surface area is 538 Å². The van der Waals surface area contributed by atoms with Crippen molar-refractivity contribution in [3.63, 3.8) is 0 Å². The minimum Gasteiger partial charge on any atom is -0.493 e. The fourth-order valence-electron chi connectivity index (χ4n) is 11.3. The zero-order chi connectivity index (χ0) is 62.7. The van der Waals surface area contributed by atoms with E-state index in [1.54, 1.807) is 0 Å². The van der Waals surface area contributed by atoms with E-state index in [1.807, 2.05) is 0 Å². The summed E-state index contributed by atoms with van der Waals surface area (Å²) >= 11 is 0. The van der Waals surface area contributed by atoms with Crippen LogP contribution in [-0.4, -0.2) is 13.2 Å². The Morgan fingerprint density at radius 2 is 0.489 bits per heavy atom. The van der Waals surface area contributed by atoms with Crippen LogP contribution in [0, 0.1) is 0 Å². The Balaban J connectivity index is 0.844. The number of ether oxygens (including phenoxy) is 2. The van der Waals surface area contributed by atoms with Crippen molar-refractivity contribution in [2.45, 2.75) is 118 Å². The Morgan fingerprint density at radius 3 is 0.733 bits per heavy atom. The average Bonchev–Trinajstić information content (AvgIpc) is 0.830. The molecule has 90 heavy (non-hydrogen) atoms. The molecule has 0 aliphatic rings. The van der Waals surface area contributed by atoms with Crippen molar-refractivity contribution in [2.24, 2.45) is 0 Å². The minimum absolute atomic E-state index is 0.154. The highest BCUT2D eigenvalue weighted by molar-refractivity contribution is 6.10. The van der Waals surface area contributed by atoms with Crippen LogP contribution in [0.5, 0.6) is 11.5 Å². The molecule has 0 spiro atoms. The number of rotatable bonds is 25. The van der Waals surface area contributed by atoms with E-state index in [0.29, 0.717) is 13.2 Å². The van der Waals surface area contributed by atoms with E-state index in [1.165, 1.54) is 70.2 Å². The zero-order valence-corrected chi connectivity index (χ0v) is 54.4. The van der Waals surface area contributed by atoms with Gasteiger partial charge in [0.15, 0.2) is 0 Å². The Kier molecular flexibility index (Phi) is 21.8. The second-order valence-corrected chi connectivity index (χ2v) is 26.1. The quantitative estimate of drug-likeness (QED) is 0.0419. The fourth-order valence-corrected chi connectivity index (χ4v) is 11.3. The SMILES string of the molecule is CCCCCCOc1ccc2cc(/C=C\c3ccc(/C=C/c4ccc(/C=C/c5ccc(C(C)(C)C)cc5)cc4)cc3)ccc2c1-c1c(OCCCCCC)ccc2cc(/C=C/c3ccc(/C=C/c4ccc(/C=C/c5ccc(C(C)(C)C)cc5)cc4)cc3)ccc12. The van der Waals surface area contributed by atoms with E-state index < -0.39 is 0 Å². The number of fused-ring (bicyclic) bond motifs is 2. The highest BCUT2D eigenvalue weighted by Crippen LogP contribution is 2.46. The average molecular weight is 1180 g/mol. The van der Waals surface area contributed by atoms with Crippen molar-refractivity contribution < 1.29 is 9.47 Å². The molecule has 0 N–H and O–H groups in total. The molecular formula is C88H90O2. The number of unbranched alkanes of at least 4 members (excludes halogenated alkanes) is 6. The standard InChI is InChI=1S/C88H90O2/c1-9-11-13-15-61-89-83-59-51-77-63-75(43-41-71-33-29-67(30-34-71)19-17-65-21-25-69(26-22-65)37-39-73-45-53-79(54-46-73)87(3,4)5)49-57-81(77)85(83)86-82-58-50-76(64-78(82)52-60-84(86)90-62-16-14-12-10-2)44-42-72-35-31-68(32-36-72)20-18-66-23-27-70(28-24-66)38-40-74-47-55-80(56-48-74)88(6,7)8/h17-60,63-64H,9-16,61-62H2,1-8H3/b19-17+,20-18+,39-37+,40-38+,43-41-,44-42+. The van der Waals surface area contributed by atoms with Gasteiger partial charge in [0.05, 0.1) is 13.2 Å². The summed E-state index contributed by atoms with van der Waals surface area (Å²) in [5, 5.41) is 4.61. The fraction of sp³-hybridized carbons (Fsp3) is 0.227. The van der Waals surface area contributed by atoms with Gasteiger partial charge in [0.25, 0.3) is 0 Å². The van der Waals surface area contributed by atoms with Crippen molar-refractivity contribution in [3.8, 4) is 22.6 Å². The van der Waals surface area contributed by atoms with Crippen LogP contribution in [-0.2, 0) is 10.8 Å². The maximum absolute atomic E-state index is 6.83. The summed E-state index contributed by atoms with van der Waals surface area (Å²) in [4.78, 5) is 0. The lowest BCUT2D eigenvalue weighted by Gasteiger charge is -2.20. The van der Waals surface area contributed by atoms with Crippen LogP contribution >= 0.6 is 0 Å². The third kappa shape index (κ3) is 18.0. The molecule has 0 heterocycles. The smallest absolute Gasteiger partial charge is 0.127 e. The first kappa shape index (κ1) is 63.8. The van der Waals surface area contributed by atoms with Gasteiger partial charge in [-0.25, -0.2) is 0 Å². The second-order valence-electron chi connectivity index (χ2n) is 26.1.